The van der Waals surface area contributed by atoms with Gasteiger partial charge in [0.05, 0.1) is 6.04 Å². The Bertz CT molecular complexity index is 408. The maximum atomic E-state index is 11.9. The SMILES string of the molecule is NC(CCC[C@H](N)C(=O)O)C(=O)c1ccncc1. The van der Waals surface area contributed by atoms with Crippen molar-refractivity contribution in [1.82, 2.24) is 4.98 Å². The Labute approximate surface area is 105 Å². The molecular formula is C12H17N3O3. The predicted molar refractivity (Wildman–Crippen MR) is 66.0 cm³/mol. The van der Waals surface area contributed by atoms with Crippen molar-refractivity contribution in [3.63, 3.8) is 0 Å². The van der Waals surface area contributed by atoms with Crippen molar-refractivity contribution < 1.29 is 14.7 Å². The second-order valence-electron chi connectivity index (χ2n) is 4.08. The predicted octanol–water partition coefficient (Wildman–Crippen LogP) is 0.174. The Hall–Kier alpha value is -1.79. The summed E-state index contributed by atoms with van der Waals surface area (Å²) in [6.45, 7) is 0. The van der Waals surface area contributed by atoms with Gasteiger partial charge >= 0.3 is 5.97 Å². The first kappa shape index (κ1) is 14.3. The molecule has 0 aliphatic heterocycles. The Morgan fingerprint density at radius 3 is 2.28 bits per heavy atom. The van der Waals surface area contributed by atoms with Gasteiger partial charge in [0.2, 0.25) is 0 Å². The van der Waals surface area contributed by atoms with E-state index in [1.807, 2.05) is 0 Å². The minimum atomic E-state index is -1.04. The zero-order valence-corrected chi connectivity index (χ0v) is 9.95. The molecule has 1 unspecified atom stereocenters. The molecule has 6 nitrogen and oxygen atoms in total. The van der Waals surface area contributed by atoms with Crippen LogP contribution in [-0.4, -0.2) is 33.9 Å². The van der Waals surface area contributed by atoms with Crippen molar-refractivity contribution in [2.24, 2.45) is 11.5 Å². The van der Waals surface area contributed by atoms with Gasteiger partial charge in [-0.1, -0.05) is 0 Å². The number of hydrogen-bond acceptors (Lipinski definition) is 5. The molecule has 0 amide bonds. The highest BCUT2D eigenvalue weighted by atomic mass is 16.4. The molecule has 1 rings (SSSR count). The summed E-state index contributed by atoms with van der Waals surface area (Å²) in [4.78, 5) is 26.2. The molecule has 18 heavy (non-hydrogen) atoms. The van der Waals surface area contributed by atoms with Crippen LogP contribution in [-0.2, 0) is 4.79 Å². The highest BCUT2D eigenvalue weighted by Crippen LogP contribution is 2.07. The summed E-state index contributed by atoms with van der Waals surface area (Å²) in [6.07, 6.45) is 4.29. The van der Waals surface area contributed by atoms with Gasteiger partial charge in [-0.3, -0.25) is 14.6 Å². The maximum Gasteiger partial charge on any atom is 0.320 e. The van der Waals surface area contributed by atoms with Gasteiger partial charge in [0, 0.05) is 18.0 Å². The lowest BCUT2D eigenvalue weighted by Gasteiger charge is -2.11. The molecule has 0 aliphatic carbocycles. The monoisotopic (exact) mass is 251 g/mol. The quantitative estimate of drug-likeness (QED) is 0.594. The number of nitrogens with zero attached hydrogens (tertiary/aromatic N) is 1. The summed E-state index contributed by atoms with van der Waals surface area (Å²) in [7, 11) is 0. The van der Waals surface area contributed by atoms with Gasteiger partial charge in [0.25, 0.3) is 0 Å². The normalized spacial score (nSPS) is 13.9. The fraction of sp³-hybridized carbons (Fsp3) is 0.417. The Kier molecular flexibility index (Phi) is 5.41. The molecule has 1 aromatic heterocycles. The van der Waals surface area contributed by atoms with Crippen molar-refractivity contribution >= 4 is 11.8 Å². The van der Waals surface area contributed by atoms with E-state index in [-0.39, 0.29) is 5.78 Å². The first-order chi connectivity index (χ1) is 8.52. The van der Waals surface area contributed by atoms with Crippen molar-refractivity contribution in [3.8, 4) is 0 Å². The Morgan fingerprint density at radius 1 is 1.17 bits per heavy atom. The molecule has 2 atom stereocenters. The van der Waals surface area contributed by atoms with Crippen LogP contribution in [0.1, 0.15) is 29.6 Å². The zero-order chi connectivity index (χ0) is 13.5. The zero-order valence-electron chi connectivity index (χ0n) is 9.95. The summed E-state index contributed by atoms with van der Waals surface area (Å²) in [5.74, 6) is -1.20. The van der Waals surface area contributed by atoms with Crippen LogP contribution in [0.2, 0.25) is 0 Å². The number of carboxylic acids is 1. The number of carbonyl (C=O) groups excluding carboxylic acids is 1. The summed E-state index contributed by atoms with van der Waals surface area (Å²) < 4.78 is 0. The fourth-order valence-electron chi connectivity index (χ4n) is 1.54. The number of aromatic nitrogens is 1. The van der Waals surface area contributed by atoms with Crippen molar-refractivity contribution in [3.05, 3.63) is 30.1 Å². The third kappa shape index (κ3) is 4.23. The van der Waals surface area contributed by atoms with E-state index in [0.717, 1.165) is 0 Å². The number of rotatable bonds is 7. The first-order valence-electron chi connectivity index (χ1n) is 5.70. The van der Waals surface area contributed by atoms with E-state index in [9.17, 15) is 9.59 Å². The van der Waals surface area contributed by atoms with Gasteiger partial charge in [-0.05, 0) is 31.4 Å². The van der Waals surface area contributed by atoms with E-state index in [1.54, 1.807) is 12.1 Å². The minimum Gasteiger partial charge on any atom is -0.480 e. The highest BCUT2D eigenvalue weighted by molar-refractivity contribution is 5.99. The molecule has 0 aliphatic rings. The van der Waals surface area contributed by atoms with Crippen LogP contribution in [0.15, 0.2) is 24.5 Å². The molecular weight excluding hydrogens is 234 g/mol. The topological polar surface area (TPSA) is 119 Å². The van der Waals surface area contributed by atoms with Crippen LogP contribution in [0, 0.1) is 0 Å². The molecule has 6 heteroatoms. The lowest BCUT2D eigenvalue weighted by molar-refractivity contribution is -0.138. The lowest BCUT2D eigenvalue weighted by atomic mass is 9.99. The summed E-state index contributed by atoms with van der Waals surface area (Å²) in [5, 5.41) is 8.60. The number of carboxylic acid groups (broad SMARTS) is 1. The molecule has 98 valence electrons. The van der Waals surface area contributed by atoms with Gasteiger partial charge in [-0.25, -0.2) is 0 Å². The van der Waals surface area contributed by atoms with E-state index in [0.29, 0.717) is 24.8 Å². The van der Waals surface area contributed by atoms with E-state index >= 15 is 0 Å². The Morgan fingerprint density at radius 2 is 1.72 bits per heavy atom. The molecule has 0 spiro atoms. The maximum absolute atomic E-state index is 11.9. The molecule has 1 heterocycles. The number of carbonyl (C=O) groups is 2. The lowest BCUT2D eigenvalue weighted by Crippen LogP contribution is -2.33. The van der Waals surface area contributed by atoms with E-state index < -0.39 is 18.1 Å². The van der Waals surface area contributed by atoms with E-state index in [2.05, 4.69) is 4.98 Å². The molecule has 0 fully saturated rings. The number of Topliss-reactive ketones (excluding diaryl/α,β-unsaturated/α-hetero) is 1. The number of ketones is 1. The molecule has 0 bridgehead atoms. The first-order valence-corrected chi connectivity index (χ1v) is 5.70. The van der Waals surface area contributed by atoms with Gasteiger partial charge in [0.15, 0.2) is 5.78 Å². The number of nitrogens with two attached hydrogens (primary N) is 2. The molecule has 0 saturated heterocycles. The third-order valence-corrected chi connectivity index (χ3v) is 2.65. The average molecular weight is 251 g/mol. The van der Waals surface area contributed by atoms with Gasteiger partial charge in [-0.2, -0.15) is 0 Å². The van der Waals surface area contributed by atoms with Crippen LogP contribution < -0.4 is 11.5 Å². The molecule has 1 aromatic rings. The van der Waals surface area contributed by atoms with E-state index in [1.165, 1.54) is 12.4 Å². The second kappa shape index (κ2) is 6.83. The largest absolute Gasteiger partial charge is 0.480 e. The standard InChI is InChI=1S/C12H17N3O3/c13-9(2-1-3-10(14)12(17)18)11(16)8-4-6-15-7-5-8/h4-7,9-10H,1-3,13-14H2,(H,17,18)/t9?,10-/m0/s1. The summed E-state index contributed by atoms with van der Waals surface area (Å²) in [6, 6.07) is 1.68. The van der Waals surface area contributed by atoms with Gasteiger partial charge < -0.3 is 16.6 Å². The van der Waals surface area contributed by atoms with Crippen molar-refractivity contribution in [1.29, 1.82) is 0 Å². The minimum absolute atomic E-state index is 0.165. The van der Waals surface area contributed by atoms with E-state index in [4.69, 9.17) is 16.6 Å². The summed E-state index contributed by atoms with van der Waals surface area (Å²) >= 11 is 0. The second-order valence-corrected chi connectivity index (χ2v) is 4.08. The fourth-order valence-corrected chi connectivity index (χ4v) is 1.54. The van der Waals surface area contributed by atoms with Crippen LogP contribution in [0.3, 0.4) is 0 Å². The number of hydrogen-bond donors (Lipinski definition) is 3. The Balaban J connectivity index is 2.40. The molecule has 0 radical (unpaired) electrons. The van der Waals surface area contributed by atoms with Gasteiger partial charge in [0.1, 0.15) is 6.04 Å². The van der Waals surface area contributed by atoms with Crippen molar-refractivity contribution in [2.75, 3.05) is 0 Å². The third-order valence-electron chi connectivity index (χ3n) is 2.65. The summed E-state index contributed by atoms with van der Waals surface area (Å²) in [5.41, 5.74) is 11.6. The molecule has 0 aromatic carbocycles. The van der Waals surface area contributed by atoms with Crippen LogP contribution in [0.5, 0.6) is 0 Å². The van der Waals surface area contributed by atoms with Crippen LogP contribution in [0.4, 0.5) is 0 Å². The average Bonchev–Trinajstić information content (AvgIpc) is 2.38. The smallest absolute Gasteiger partial charge is 0.320 e. The number of aliphatic carboxylic acids is 1. The molecule has 0 saturated carbocycles. The highest BCUT2D eigenvalue weighted by Gasteiger charge is 2.17. The molecule has 5 N–H and O–H groups in total. The van der Waals surface area contributed by atoms with Crippen LogP contribution in [0.25, 0.3) is 0 Å². The van der Waals surface area contributed by atoms with Gasteiger partial charge in [-0.15, -0.1) is 0 Å². The number of pyridine rings is 1. The van der Waals surface area contributed by atoms with Crippen molar-refractivity contribution in [2.45, 2.75) is 31.3 Å². The van der Waals surface area contributed by atoms with Crippen LogP contribution >= 0.6 is 0 Å².